The van der Waals surface area contributed by atoms with E-state index in [9.17, 15) is 40.2 Å². The van der Waals surface area contributed by atoms with Gasteiger partial charge in [-0.2, -0.15) is 0 Å². The molecule has 0 spiro atoms. The first-order valence-electron chi connectivity index (χ1n) is 22.1. The number of rotatable bonds is 27. The van der Waals surface area contributed by atoms with Gasteiger partial charge in [-0.15, -0.1) is 0 Å². The molecule has 14 nitrogen and oxygen atoms in total. The SMILES string of the molecule is CCCCC[C@](C)(O)/C=C/[C@@H]1[C@@H](C/C=C\CCCC(=O)O)[C@@H](O)C[C@H]1O.CCCCC[C@](C)(O)/C=C/[C@@H]1[C@@H](C/C=C\CCCC(=O)O)[C@@H](O)C[C@H]1O.NC(CO)(CO)CO. The van der Waals surface area contributed by atoms with E-state index in [2.05, 4.69) is 13.8 Å². The zero-order chi connectivity index (χ0) is 45.8. The number of hydrogen-bond acceptors (Lipinski definition) is 12. The second-order valence-corrected chi connectivity index (χ2v) is 17.4. The molecule has 13 N–H and O–H groups in total. The van der Waals surface area contributed by atoms with Crippen LogP contribution in [0.25, 0.3) is 0 Å². The fourth-order valence-corrected chi connectivity index (χ4v) is 7.32. The minimum atomic E-state index is -1.21. The topological polar surface area (TPSA) is 283 Å². The van der Waals surface area contributed by atoms with Crippen molar-refractivity contribution < 1.29 is 65.8 Å². The van der Waals surface area contributed by atoms with Crippen molar-refractivity contribution in [2.24, 2.45) is 29.4 Å². The maximum atomic E-state index is 10.5. The average molecular weight is 858 g/mol. The minimum absolute atomic E-state index is 0.0802. The third kappa shape index (κ3) is 25.4. The summed E-state index contributed by atoms with van der Waals surface area (Å²) >= 11 is 0. The molecule has 0 radical (unpaired) electrons. The van der Waals surface area contributed by atoms with Gasteiger partial charge in [-0.25, -0.2) is 0 Å². The van der Waals surface area contributed by atoms with Gasteiger partial charge in [0.05, 0.1) is 61.0 Å². The van der Waals surface area contributed by atoms with Crippen LogP contribution in [0.1, 0.15) is 143 Å². The largest absolute Gasteiger partial charge is 0.481 e. The van der Waals surface area contributed by atoms with E-state index in [1.807, 2.05) is 36.5 Å². The van der Waals surface area contributed by atoms with Gasteiger partial charge in [-0.3, -0.25) is 9.59 Å². The van der Waals surface area contributed by atoms with Crippen molar-refractivity contribution in [3.05, 3.63) is 48.6 Å². The molecule has 0 saturated heterocycles. The quantitative estimate of drug-likeness (QED) is 0.0400. The third-order valence-electron chi connectivity index (χ3n) is 11.4. The molecule has 0 aliphatic heterocycles. The molecule has 2 aliphatic carbocycles. The molecule has 10 atom stereocenters. The van der Waals surface area contributed by atoms with Gasteiger partial charge in [-0.1, -0.05) is 101 Å². The summed E-state index contributed by atoms with van der Waals surface area (Å²) in [6.45, 7) is 6.61. The highest BCUT2D eigenvalue weighted by Gasteiger charge is 2.40. The Morgan fingerprint density at radius 3 is 1.22 bits per heavy atom. The zero-order valence-electron chi connectivity index (χ0n) is 36.9. The predicted molar refractivity (Wildman–Crippen MR) is 234 cm³/mol. The van der Waals surface area contributed by atoms with E-state index >= 15 is 0 Å². The van der Waals surface area contributed by atoms with E-state index in [0.717, 1.165) is 38.5 Å². The molecule has 0 bridgehead atoms. The van der Waals surface area contributed by atoms with E-state index in [0.29, 0.717) is 64.2 Å². The maximum Gasteiger partial charge on any atom is 0.303 e. The number of carbonyl (C=O) groups is 2. The number of aliphatic hydroxyl groups excluding tert-OH is 7. The Kier molecular flexibility index (Phi) is 30.0. The van der Waals surface area contributed by atoms with Gasteiger partial charge in [0, 0.05) is 37.5 Å². The van der Waals surface area contributed by atoms with Gasteiger partial charge in [-0.05, 0) is 77.0 Å². The number of hydrogen-bond donors (Lipinski definition) is 12. The number of nitrogens with two attached hydrogens (primary N) is 1. The zero-order valence-corrected chi connectivity index (χ0v) is 36.9. The van der Waals surface area contributed by atoms with Gasteiger partial charge in [0.1, 0.15) is 0 Å². The molecule has 0 unspecified atom stereocenters. The molecule has 0 aromatic rings. The lowest BCUT2D eigenvalue weighted by Crippen LogP contribution is -2.50. The first kappa shape index (κ1) is 57.5. The van der Waals surface area contributed by atoms with Crippen LogP contribution in [0.4, 0.5) is 0 Å². The van der Waals surface area contributed by atoms with Crippen LogP contribution in [-0.2, 0) is 9.59 Å². The van der Waals surface area contributed by atoms with Gasteiger partial charge in [0.2, 0.25) is 0 Å². The van der Waals surface area contributed by atoms with Gasteiger partial charge in [0.25, 0.3) is 0 Å². The average Bonchev–Trinajstić information content (AvgIpc) is 3.62. The smallest absolute Gasteiger partial charge is 0.303 e. The van der Waals surface area contributed by atoms with Gasteiger partial charge < -0.3 is 61.9 Å². The minimum Gasteiger partial charge on any atom is -0.481 e. The lowest BCUT2D eigenvalue weighted by molar-refractivity contribution is -0.138. The normalized spacial score (nSPS) is 26.6. The van der Waals surface area contributed by atoms with Crippen LogP contribution in [0.2, 0.25) is 0 Å². The highest BCUT2D eigenvalue weighted by molar-refractivity contribution is 5.66. The van der Waals surface area contributed by atoms with Crippen LogP contribution in [0.3, 0.4) is 0 Å². The fourth-order valence-electron chi connectivity index (χ4n) is 7.32. The van der Waals surface area contributed by atoms with Crippen LogP contribution in [0.5, 0.6) is 0 Å². The summed E-state index contributed by atoms with van der Waals surface area (Å²) in [7, 11) is 0. The molecule has 2 fully saturated rings. The highest BCUT2D eigenvalue weighted by atomic mass is 16.4. The molecule has 0 aromatic carbocycles. The Bertz CT molecular complexity index is 1170. The Morgan fingerprint density at radius 1 is 0.583 bits per heavy atom. The van der Waals surface area contributed by atoms with E-state index in [1.54, 1.807) is 26.0 Å². The summed E-state index contributed by atoms with van der Waals surface area (Å²) in [6.07, 6.45) is 25.4. The van der Waals surface area contributed by atoms with Gasteiger partial charge >= 0.3 is 11.9 Å². The molecular formula is C46H83NO13. The van der Waals surface area contributed by atoms with E-state index in [1.165, 1.54) is 0 Å². The van der Waals surface area contributed by atoms with E-state index in [4.69, 9.17) is 31.3 Å². The monoisotopic (exact) mass is 858 g/mol. The van der Waals surface area contributed by atoms with Crippen molar-refractivity contribution in [2.75, 3.05) is 19.8 Å². The van der Waals surface area contributed by atoms with E-state index < -0.39 is 72.9 Å². The molecule has 2 saturated carbocycles. The second-order valence-electron chi connectivity index (χ2n) is 17.4. The molecular weight excluding hydrogens is 775 g/mol. The number of carboxylic acids is 2. The highest BCUT2D eigenvalue weighted by Crippen LogP contribution is 2.38. The van der Waals surface area contributed by atoms with Crippen molar-refractivity contribution in [1.82, 2.24) is 0 Å². The molecule has 2 rings (SSSR count). The molecule has 60 heavy (non-hydrogen) atoms. The van der Waals surface area contributed by atoms with Crippen molar-refractivity contribution in [2.45, 2.75) is 184 Å². The summed E-state index contributed by atoms with van der Waals surface area (Å²) in [4.78, 5) is 21.0. The Hall–Kier alpha value is -2.50. The molecule has 2 aliphatic rings. The van der Waals surface area contributed by atoms with Crippen molar-refractivity contribution in [3.63, 3.8) is 0 Å². The van der Waals surface area contributed by atoms with E-state index in [-0.39, 0.29) is 36.5 Å². The summed E-state index contributed by atoms with van der Waals surface area (Å²) in [5, 5.41) is 104. The summed E-state index contributed by atoms with van der Waals surface area (Å²) in [5.41, 5.74) is 2.16. The number of allylic oxidation sites excluding steroid dienone is 4. The van der Waals surface area contributed by atoms with Crippen molar-refractivity contribution in [3.8, 4) is 0 Å². The first-order chi connectivity index (χ1) is 28.2. The maximum absolute atomic E-state index is 10.5. The van der Waals surface area contributed by atoms with Crippen molar-refractivity contribution >= 4 is 11.9 Å². The van der Waals surface area contributed by atoms with Crippen LogP contribution < -0.4 is 5.73 Å². The molecule has 0 aromatic heterocycles. The standard InChI is InChI=1S/2C21H36O5.C4H11NO3/c2*1-3-4-9-13-21(2,26)14-12-17-16(18(22)15-19(17)23)10-7-5-6-8-11-20(24)25;5-4(1-6,2-7)3-8/h2*5,7,12,14,16-19,22-23,26H,3-4,6,8-11,13,15H2,1-2H3,(H,24,25);6-8H,1-3,5H2/b2*7-5-,14-12+;/t2*16-,17-,18+,19-,21+;/m11./s1. The van der Waals surface area contributed by atoms with Gasteiger partial charge in [0.15, 0.2) is 0 Å². The van der Waals surface area contributed by atoms with Crippen LogP contribution in [0.15, 0.2) is 48.6 Å². The van der Waals surface area contributed by atoms with Crippen LogP contribution in [-0.4, -0.2) is 129 Å². The number of aliphatic carboxylic acids is 2. The Labute approximate surface area is 359 Å². The Balaban J connectivity index is 0.000000982. The molecule has 14 heteroatoms. The number of unbranched alkanes of at least 4 members (excludes halogenated alkanes) is 6. The van der Waals surface area contributed by atoms with Crippen molar-refractivity contribution in [1.29, 1.82) is 0 Å². The number of carboxylic acid groups (broad SMARTS) is 2. The molecule has 350 valence electrons. The summed E-state index contributed by atoms with van der Waals surface area (Å²) in [6, 6.07) is 0. The predicted octanol–water partition coefficient (Wildman–Crippen LogP) is 4.53. The summed E-state index contributed by atoms with van der Waals surface area (Å²) < 4.78 is 0. The number of aliphatic hydroxyl groups is 9. The first-order valence-corrected chi connectivity index (χ1v) is 22.1. The molecule has 0 amide bonds. The Morgan fingerprint density at radius 2 is 0.933 bits per heavy atom. The fraction of sp³-hybridized carbons (Fsp3) is 0.783. The summed E-state index contributed by atoms with van der Waals surface area (Å²) in [5.74, 6) is -2.09. The van der Waals surface area contributed by atoms with Crippen LogP contribution in [0, 0.1) is 23.7 Å². The van der Waals surface area contributed by atoms with Crippen LogP contribution >= 0.6 is 0 Å². The lowest BCUT2D eigenvalue weighted by atomic mass is 9.88. The lowest BCUT2D eigenvalue weighted by Gasteiger charge is -2.23. The molecule has 0 heterocycles. The second kappa shape index (κ2) is 31.4. The third-order valence-corrected chi connectivity index (χ3v) is 11.4.